The normalized spacial score (nSPS) is 13.1. The Morgan fingerprint density at radius 1 is 1.29 bits per heavy atom. The fourth-order valence-corrected chi connectivity index (χ4v) is 2.15. The highest BCUT2D eigenvalue weighted by Gasteiger charge is 2.11. The van der Waals surface area contributed by atoms with E-state index < -0.39 is 0 Å². The van der Waals surface area contributed by atoms with Crippen LogP contribution in [0.2, 0.25) is 0 Å². The zero-order chi connectivity index (χ0) is 15.2. The van der Waals surface area contributed by atoms with Crippen LogP contribution in [0, 0.1) is 5.92 Å². The monoisotopic (exact) mass is 285 g/mol. The highest BCUT2D eigenvalue weighted by molar-refractivity contribution is 5.90. The van der Waals surface area contributed by atoms with Crippen LogP contribution in [0.25, 0.3) is 10.8 Å². The summed E-state index contributed by atoms with van der Waals surface area (Å²) in [6.45, 7) is 2.13. The number of nitrogens with two attached hydrogens (primary N) is 1. The minimum atomic E-state index is -0.202. The van der Waals surface area contributed by atoms with Gasteiger partial charge in [-0.25, -0.2) is 0 Å². The van der Waals surface area contributed by atoms with Gasteiger partial charge >= 0.3 is 0 Å². The molecule has 5 heteroatoms. The van der Waals surface area contributed by atoms with Crippen molar-refractivity contribution < 1.29 is 10.0 Å². The summed E-state index contributed by atoms with van der Waals surface area (Å²) in [4.78, 5) is 12.0. The van der Waals surface area contributed by atoms with E-state index >= 15 is 0 Å². The Labute approximate surface area is 123 Å². The number of hydrogen-bond donors (Lipinski definition) is 3. The highest BCUT2D eigenvalue weighted by Crippen LogP contribution is 2.18. The third-order valence-corrected chi connectivity index (χ3v) is 3.46. The van der Waals surface area contributed by atoms with Gasteiger partial charge in [0.15, 0.2) is 0 Å². The van der Waals surface area contributed by atoms with Gasteiger partial charge in [-0.1, -0.05) is 54.5 Å². The predicted octanol–water partition coefficient (Wildman–Crippen LogP) is 1.88. The SMILES string of the molecule is CC(CNC(=O)Cc1cccc2ccccc12)C(N)=NO. The zero-order valence-electron chi connectivity index (χ0n) is 11.9. The molecule has 0 aromatic heterocycles. The van der Waals surface area contributed by atoms with Crippen LogP contribution in [-0.4, -0.2) is 23.5 Å². The number of nitrogens with zero attached hydrogens (tertiary/aromatic N) is 1. The number of rotatable bonds is 5. The molecule has 2 aromatic rings. The van der Waals surface area contributed by atoms with Crippen molar-refractivity contribution in [2.45, 2.75) is 13.3 Å². The maximum absolute atomic E-state index is 12.0. The average Bonchev–Trinajstić information content (AvgIpc) is 2.52. The number of carbonyl (C=O) groups is 1. The first kappa shape index (κ1) is 14.8. The Kier molecular flexibility index (Phi) is 4.77. The van der Waals surface area contributed by atoms with Gasteiger partial charge in [-0.15, -0.1) is 0 Å². The van der Waals surface area contributed by atoms with Crippen molar-refractivity contribution in [3.05, 3.63) is 48.0 Å². The molecule has 0 bridgehead atoms. The van der Waals surface area contributed by atoms with E-state index in [1.165, 1.54) is 0 Å². The van der Waals surface area contributed by atoms with E-state index in [0.717, 1.165) is 16.3 Å². The molecule has 1 atom stereocenters. The quantitative estimate of drug-likeness (QED) is 0.339. The Balaban J connectivity index is 2.02. The van der Waals surface area contributed by atoms with Crippen molar-refractivity contribution in [1.29, 1.82) is 0 Å². The van der Waals surface area contributed by atoms with Crippen LogP contribution in [0.1, 0.15) is 12.5 Å². The highest BCUT2D eigenvalue weighted by atomic mass is 16.4. The van der Waals surface area contributed by atoms with E-state index in [1.54, 1.807) is 6.92 Å². The molecule has 5 nitrogen and oxygen atoms in total. The molecule has 0 radical (unpaired) electrons. The smallest absolute Gasteiger partial charge is 0.224 e. The van der Waals surface area contributed by atoms with E-state index in [2.05, 4.69) is 10.5 Å². The van der Waals surface area contributed by atoms with Crippen LogP contribution in [-0.2, 0) is 11.2 Å². The first-order valence-electron chi connectivity index (χ1n) is 6.82. The second kappa shape index (κ2) is 6.74. The summed E-state index contributed by atoms with van der Waals surface area (Å²) in [6.07, 6.45) is 0.310. The molecule has 21 heavy (non-hydrogen) atoms. The topological polar surface area (TPSA) is 87.7 Å². The second-order valence-electron chi connectivity index (χ2n) is 5.05. The van der Waals surface area contributed by atoms with Crippen LogP contribution >= 0.6 is 0 Å². The first-order chi connectivity index (χ1) is 10.1. The zero-order valence-corrected chi connectivity index (χ0v) is 11.9. The minimum Gasteiger partial charge on any atom is -0.409 e. The van der Waals surface area contributed by atoms with Crippen molar-refractivity contribution >= 4 is 22.5 Å². The molecular formula is C16H19N3O2. The number of carbonyl (C=O) groups excluding carboxylic acids is 1. The van der Waals surface area contributed by atoms with Crippen molar-refractivity contribution in [3.63, 3.8) is 0 Å². The minimum absolute atomic E-state index is 0.0797. The summed E-state index contributed by atoms with van der Waals surface area (Å²) in [5, 5.41) is 16.5. The van der Waals surface area contributed by atoms with E-state index in [-0.39, 0.29) is 17.7 Å². The van der Waals surface area contributed by atoms with Crippen molar-refractivity contribution in [3.8, 4) is 0 Å². The molecule has 0 aliphatic rings. The maximum Gasteiger partial charge on any atom is 0.224 e. The lowest BCUT2D eigenvalue weighted by molar-refractivity contribution is -0.120. The van der Waals surface area contributed by atoms with Gasteiger partial charge in [0.1, 0.15) is 5.84 Å². The van der Waals surface area contributed by atoms with Crippen molar-refractivity contribution in [1.82, 2.24) is 5.32 Å². The molecule has 1 unspecified atom stereocenters. The first-order valence-corrected chi connectivity index (χ1v) is 6.82. The van der Waals surface area contributed by atoms with E-state index in [4.69, 9.17) is 10.9 Å². The Hall–Kier alpha value is -2.56. The number of amides is 1. The fourth-order valence-electron chi connectivity index (χ4n) is 2.15. The molecule has 0 spiro atoms. The van der Waals surface area contributed by atoms with Gasteiger partial charge in [-0.05, 0) is 16.3 Å². The molecule has 0 saturated carbocycles. The summed E-state index contributed by atoms with van der Waals surface area (Å²) in [5.41, 5.74) is 6.47. The molecular weight excluding hydrogens is 266 g/mol. The number of fused-ring (bicyclic) bond motifs is 1. The van der Waals surface area contributed by atoms with Gasteiger partial charge < -0.3 is 16.3 Å². The summed E-state index contributed by atoms with van der Waals surface area (Å²) >= 11 is 0. The van der Waals surface area contributed by atoms with Crippen LogP contribution in [0.5, 0.6) is 0 Å². The van der Waals surface area contributed by atoms with Gasteiger partial charge in [0.2, 0.25) is 5.91 Å². The standard InChI is InChI=1S/C16H19N3O2/c1-11(16(17)19-21)10-18-15(20)9-13-7-4-6-12-5-2-3-8-14(12)13/h2-8,11,21H,9-10H2,1H3,(H2,17,19)(H,18,20). The second-order valence-corrected chi connectivity index (χ2v) is 5.05. The summed E-state index contributed by atoms with van der Waals surface area (Å²) in [5.74, 6) is -0.170. The van der Waals surface area contributed by atoms with E-state index in [1.807, 2.05) is 42.5 Å². The number of hydrogen-bond acceptors (Lipinski definition) is 3. The molecule has 0 aliphatic heterocycles. The van der Waals surface area contributed by atoms with Gasteiger partial charge in [-0.2, -0.15) is 0 Å². The number of benzene rings is 2. The van der Waals surface area contributed by atoms with E-state index in [9.17, 15) is 4.79 Å². The lowest BCUT2D eigenvalue weighted by Crippen LogP contribution is -2.35. The molecule has 0 fully saturated rings. The average molecular weight is 285 g/mol. The summed E-state index contributed by atoms with van der Waals surface area (Å²) in [7, 11) is 0. The third-order valence-electron chi connectivity index (χ3n) is 3.46. The molecule has 0 aliphatic carbocycles. The number of nitrogens with one attached hydrogen (secondary N) is 1. The molecule has 0 saturated heterocycles. The fraction of sp³-hybridized carbons (Fsp3) is 0.250. The Morgan fingerprint density at radius 3 is 2.76 bits per heavy atom. The molecule has 110 valence electrons. The maximum atomic E-state index is 12.0. The van der Waals surface area contributed by atoms with Gasteiger partial charge in [0, 0.05) is 12.5 Å². The largest absolute Gasteiger partial charge is 0.409 e. The molecule has 1 amide bonds. The molecule has 2 rings (SSSR count). The van der Waals surface area contributed by atoms with Crippen molar-refractivity contribution in [2.24, 2.45) is 16.8 Å². The van der Waals surface area contributed by atoms with Crippen LogP contribution < -0.4 is 11.1 Å². The third kappa shape index (κ3) is 3.72. The summed E-state index contributed by atoms with van der Waals surface area (Å²) in [6, 6.07) is 13.9. The molecule has 2 aromatic carbocycles. The number of oxime groups is 1. The lowest BCUT2D eigenvalue weighted by atomic mass is 10.0. The van der Waals surface area contributed by atoms with Crippen LogP contribution in [0.4, 0.5) is 0 Å². The molecule has 0 heterocycles. The van der Waals surface area contributed by atoms with Gasteiger partial charge in [0.25, 0.3) is 0 Å². The van der Waals surface area contributed by atoms with Crippen molar-refractivity contribution in [2.75, 3.05) is 6.54 Å². The van der Waals surface area contributed by atoms with Crippen LogP contribution in [0.15, 0.2) is 47.6 Å². The predicted molar refractivity (Wildman–Crippen MR) is 83.2 cm³/mol. The van der Waals surface area contributed by atoms with E-state index in [0.29, 0.717) is 13.0 Å². The van der Waals surface area contributed by atoms with Gasteiger partial charge in [-0.3, -0.25) is 4.79 Å². The Morgan fingerprint density at radius 2 is 2.00 bits per heavy atom. The molecule has 4 N–H and O–H groups in total. The van der Waals surface area contributed by atoms with Crippen LogP contribution in [0.3, 0.4) is 0 Å². The van der Waals surface area contributed by atoms with Gasteiger partial charge in [0.05, 0.1) is 6.42 Å². The number of amidine groups is 1. The lowest BCUT2D eigenvalue weighted by Gasteiger charge is -2.11. The summed E-state index contributed by atoms with van der Waals surface area (Å²) < 4.78 is 0. The Bertz CT molecular complexity index is 662.